The van der Waals surface area contributed by atoms with Crippen LogP contribution in [0.1, 0.15) is 5.69 Å². The third-order valence-corrected chi connectivity index (χ3v) is 2.30. The van der Waals surface area contributed by atoms with E-state index in [0.717, 1.165) is 5.69 Å². The minimum Gasteiger partial charge on any atom is -0.377 e. The molecule has 0 saturated heterocycles. The number of nitrogens with one attached hydrogen (secondary N) is 2. The zero-order valence-electron chi connectivity index (χ0n) is 7.93. The Balaban J connectivity index is 2.07. The van der Waals surface area contributed by atoms with E-state index in [1.165, 1.54) is 12.1 Å². The fourth-order valence-corrected chi connectivity index (χ4v) is 1.47. The molecule has 1 aromatic heterocycles. The molecule has 0 aliphatic rings. The van der Waals surface area contributed by atoms with Crippen LogP contribution in [0.3, 0.4) is 0 Å². The van der Waals surface area contributed by atoms with E-state index in [1.54, 1.807) is 6.07 Å². The van der Waals surface area contributed by atoms with Gasteiger partial charge in [-0.25, -0.2) is 4.39 Å². The molecule has 0 unspecified atom stereocenters. The van der Waals surface area contributed by atoms with E-state index in [1.807, 2.05) is 18.3 Å². The Kier molecular flexibility index (Phi) is 2.92. The monoisotopic (exact) mass is 224 g/mol. The van der Waals surface area contributed by atoms with Crippen molar-refractivity contribution in [2.45, 2.75) is 6.54 Å². The van der Waals surface area contributed by atoms with Gasteiger partial charge >= 0.3 is 0 Å². The average Bonchev–Trinajstić information content (AvgIpc) is 2.72. The first-order chi connectivity index (χ1) is 7.25. The number of anilines is 1. The van der Waals surface area contributed by atoms with Crippen LogP contribution in [0.15, 0.2) is 36.5 Å². The van der Waals surface area contributed by atoms with Crippen molar-refractivity contribution in [1.82, 2.24) is 4.98 Å². The predicted molar refractivity (Wildman–Crippen MR) is 59.5 cm³/mol. The summed E-state index contributed by atoms with van der Waals surface area (Å²) in [5, 5.41) is 3.48. The lowest BCUT2D eigenvalue weighted by molar-refractivity contribution is 0.630. The van der Waals surface area contributed by atoms with Crippen molar-refractivity contribution >= 4 is 17.3 Å². The van der Waals surface area contributed by atoms with Crippen molar-refractivity contribution in [3.63, 3.8) is 0 Å². The zero-order chi connectivity index (χ0) is 10.7. The fourth-order valence-electron chi connectivity index (χ4n) is 1.30. The molecule has 2 N–H and O–H groups in total. The maximum atomic E-state index is 13.3. The van der Waals surface area contributed by atoms with Crippen molar-refractivity contribution < 1.29 is 4.39 Å². The first kappa shape index (κ1) is 10.1. The molecule has 1 aromatic carbocycles. The van der Waals surface area contributed by atoms with Gasteiger partial charge in [0.05, 0.1) is 12.2 Å². The molecule has 0 spiro atoms. The molecule has 0 saturated carbocycles. The molecule has 0 bridgehead atoms. The number of hydrogen-bond acceptors (Lipinski definition) is 1. The van der Waals surface area contributed by atoms with Crippen LogP contribution >= 0.6 is 11.6 Å². The SMILES string of the molecule is Fc1ccc(Cl)cc1NCc1ccc[nH]1. The Morgan fingerprint density at radius 1 is 1.33 bits per heavy atom. The van der Waals surface area contributed by atoms with Crippen LogP contribution in [-0.4, -0.2) is 4.98 Å². The topological polar surface area (TPSA) is 27.8 Å². The van der Waals surface area contributed by atoms with Crippen LogP contribution < -0.4 is 5.32 Å². The van der Waals surface area contributed by atoms with E-state index in [2.05, 4.69) is 10.3 Å². The van der Waals surface area contributed by atoms with Crippen molar-refractivity contribution in [3.8, 4) is 0 Å². The third-order valence-electron chi connectivity index (χ3n) is 2.06. The first-order valence-electron chi connectivity index (χ1n) is 4.57. The van der Waals surface area contributed by atoms with E-state index in [4.69, 9.17) is 11.6 Å². The van der Waals surface area contributed by atoms with Gasteiger partial charge in [-0.05, 0) is 30.3 Å². The highest BCUT2D eigenvalue weighted by atomic mass is 35.5. The van der Waals surface area contributed by atoms with Gasteiger partial charge in [-0.2, -0.15) is 0 Å². The molecular weight excluding hydrogens is 215 g/mol. The van der Waals surface area contributed by atoms with Crippen molar-refractivity contribution in [1.29, 1.82) is 0 Å². The van der Waals surface area contributed by atoms with Gasteiger partial charge in [0.2, 0.25) is 0 Å². The zero-order valence-corrected chi connectivity index (χ0v) is 8.68. The van der Waals surface area contributed by atoms with E-state index in [-0.39, 0.29) is 5.82 Å². The van der Waals surface area contributed by atoms with Crippen LogP contribution in [0.25, 0.3) is 0 Å². The molecule has 1 heterocycles. The summed E-state index contributed by atoms with van der Waals surface area (Å²) < 4.78 is 13.3. The van der Waals surface area contributed by atoms with Gasteiger partial charge in [0.15, 0.2) is 0 Å². The Morgan fingerprint density at radius 3 is 2.93 bits per heavy atom. The summed E-state index contributed by atoms with van der Waals surface area (Å²) in [5.41, 5.74) is 1.41. The normalized spacial score (nSPS) is 10.3. The number of hydrogen-bond donors (Lipinski definition) is 2. The Labute approximate surface area is 92.1 Å². The molecule has 78 valence electrons. The molecule has 2 aromatic rings. The molecular formula is C11H10ClFN2. The number of halogens is 2. The van der Waals surface area contributed by atoms with Crippen LogP contribution in [0.2, 0.25) is 5.02 Å². The molecule has 0 atom stereocenters. The molecule has 2 rings (SSSR count). The Morgan fingerprint density at radius 2 is 2.20 bits per heavy atom. The standard InChI is InChI=1S/C11H10ClFN2/c12-8-3-4-10(13)11(6-8)15-7-9-2-1-5-14-9/h1-6,14-15H,7H2. The molecule has 2 nitrogen and oxygen atoms in total. The molecule has 0 aliphatic heterocycles. The molecule has 4 heteroatoms. The number of H-pyrrole nitrogens is 1. The smallest absolute Gasteiger partial charge is 0.146 e. The molecule has 0 radical (unpaired) electrons. The summed E-state index contributed by atoms with van der Waals surface area (Å²) in [5.74, 6) is -0.300. The summed E-state index contributed by atoms with van der Waals surface area (Å²) in [6, 6.07) is 8.26. The fraction of sp³-hybridized carbons (Fsp3) is 0.0909. The number of rotatable bonds is 3. The molecule has 0 amide bonds. The quantitative estimate of drug-likeness (QED) is 0.822. The summed E-state index contributed by atoms with van der Waals surface area (Å²) >= 11 is 5.76. The number of aromatic amines is 1. The van der Waals surface area contributed by atoms with Crippen LogP contribution in [0.4, 0.5) is 10.1 Å². The maximum Gasteiger partial charge on any atom is 0.146 e. The van der Waals surface area contributed by atoms with E-state index < -0.39 is 0 Å². The van der Waals surface area contributed by atoms with Crippen molar-refractivity contribution in [2.24, 2.45) is 0 Å². The van der Waals surface area contributed by atoms with Gasteiger partial charge < -0.3 is 10.3 Å². The Bertz CT molecular complexity index is 440. The van der Waals surface area contributed by atoms with Gasteiger partial charge in [-0.3, -0.25) is 0 Å². The number of benzene rings is 1. The lowest BCUT2D eigenvalue weighted by atomic mass is 10.3. The van der Waals surface area contributed by atoms with Gasteiger partial charge in [-0.15, -0.1) is 0 Å². The molecule has 15 heavy (non-hydrogen) atoms. The lowest BCUT2D eigenvalue weighted by Crippen LogP contribution is -2.01. The molecule has 0 aliphatic carbocycles. The van der Waals surface area contributed by atoms with Crippen LogP contribution in [0, 0.1) is 5.82 Å². The van der Waals surface area contributed by atoms with E-state index in [9.17, 15) is 4.39 Å². The van der Waals surface area contributed by atoms with Crippen molar-refractivity contribution in [3.05, 3.63) is 53.1 Å². The predicted octanol–water partition coefficient (Wildman–Crippen LogP) is 3.42. The van der Waals surface area contributed by atoms with Gasteiger partial charge in [0.25, 0.3) is 0 Å². The highest BCUT2D eigenvalue weighted by Gasteiger charge is 2.02. The average molecular weight is 225 g/mol. The summed E-state index contributed by atoms with van der Waals surface area (Å²) in [7, 11) is 0. The summed E-state index contributed by atoms with van der Waals surface area (Å²) in [4.78, 5) is 3.02. The van der Waals surface area contributed by atoms with Crippen LogP contribution in [0.5, 0.6) is 0 Å². The number of aromatic nitrogens is 1. The van der Waals surface area contributed by atoms with Gasteiger partial charge in [-0.1, -0.05) is 11.6 Å². The maximum absolute atomic E-state index is 13.3. The second-order valence-corrected chi connectivity index (χ2v) is 3.61. The van der Waals surface area contributed by atoms with Crippen molar-refractivity contribution in [2.75, 3.05) is 5.32 Å². The van der Waals surface area contributed by atoms with Gasteiger partial charge in [0, 0.05) is 16.9 Å². The minimum atomic E-state index is -0.300. The second kappa shape index (κ2) is 4.36. The highest BCUT2D eigenvalue weighted by molar-refractivity contribution is 6.30. The Hall–Kier alpha value is -1.48. The first-order valence-corrected chi connectivity index (χ1v) is 4.95. The van der Waals surface area contributed by atoms with Gasteiger partial charge in [0.1, 0.15) is 5.82 Å². The highest BCUT2D eigenvalue weighted by Crippen LogP contribution is 2.19. The second-order valence-electron chi connectivity index (χ2n) is 3.17. The van der Waals surface area contributed by atoms with E-state index in [0.29, 0.717) is 17.3 Å². The summed E-state index contributed by atoms with van der Waals surface area (Å²) in [6.07, 6.45) is 1.82. The van der Waals surface area contributed by atoms with Crippen LogP contribution in [-0.2, 0) is 6.54 Å². The largest absolute Gasteiger partial charge is 0.377 e. The summed E-state index contributed by atoms with van der Waals surface area (Å²) in [6.45, 7) is 0.546. The lowest BCUT2D eigenvalue weighted by Gasteiger charge is -2.06. The molecule has 0 fully saturated rings. The third kappa shape index (κ3) is 2.50. The minimum absolute atomic E-state index is 0.300. The van der Waals surface area contributed by atoms with E-state index >= 15 is 0 Å².